The summed E-state index contributed by atoms with van der Waals surface area (Å²) in [4.78, 5) is 0.871. The zero-order valence-electron chi connectivity index (χ0n) is 10.8. The van der Waals surface area contributed by atoms with Gasteiger partial charge >= 0.3 is 0 Å². The molecule has 1 atom stereocenters. The van der Waals surface area contributed by atoms with Gasteiger partial charge in [0.05, 0.1) is 6.10 Å². The molecular formula is C12H20N2O3S2. The summed E-state index contributed by atoms with van der Waals surface area (Å²) in [5.74, 6) is 0. The van der Waals surface area contributed by atoms with Crippen molar-refractivity contribution in [2.75, 3.05) is 13.2 Å². The third-order valence-corrected chi connectivity index (χ3v) is 6.20. The summed E-state index contributed by atoms with van der Waals surface area (Å²) in [6, 6.07) is 3.36. The van der Waals surface area contributed by atoms with E-state index in [1.54, 1.807) is 12.1 Å². The Bertz CT molecular complexity index is 493. The lowest BCUT2D eigenvalue weighted by molar-refractivity contribution is 0.0123. The van der Waals surface area contributed by atoms with Crippen LogP contribution in [0.5, 0.6) is 0 Å². The molecule has 0 radical (unpaired) electrons. The van der Waals surface area contributed by atoms with Crippen LogP contribution >= 0.6 is 11.3 Å². The second-order valence-electron chi connectivity index (χ2n) is 4.60. The third-order valence-electron chi connectivity index (χ3n) is 3.14. The molecule has 3 N–H and O–H groups in total. The Morgan fingerprint density at radius 2 is 2.26 bits per heavy atom. The molecule has 19 heavy (non-hydrogen) atoms. The Kier molecular flexibility index (Phi) is 5.35. The van der Waals surface area contributed by atoms with Gasteiger partial charge in [0.15, 0.2) is 0 Å². The number of nitrogens with one attached hydrogen (secondary N) is 1. The van der Waals surface area contributed by atoms with Crippen molar-refractivity contribution in [1.29, 1.82) is 0 Å². The number of hydrogen-bond donors (Lipinski definition) is 2. The molecule has 0 bridgehead atoms. The number of nitrogens with two attached hydrogens (primary N) is 1. The highest BCUT2D eigenvalue weighted by molar-refractivity contribution is 7.91. The molecule has 0 spiro atoms. The Labute approximate surface area is 118 Å². The van der Waals surface area contributed by atoms with Gasteiger partial charge in [0.1, 0.15) is 4.21 Å². The van der Waals surface area contributed by atoms with E-state index in [0.29, 0.717) is 17.3 Å². The first-order chi connectivity index (χ1) is 9.12. The van der Waals surface area contributed by atoms with Crippen molar-refractivity contribution in [3.63, 3.8) is 0 Å². The van der Waals surface area contributed by atoms with Gasteiger partial charge in [-0.1, -0.05) is 0 Å². The summed E-state index contributed by atoms with van der Waals surface area (Å²) in [6.45, 7) is 1.58. The zero-order valence-corrected chi connectivity index (χ0v) is 12.4. The molecule has 2 rings (SSSR count). The molecule has 5 nitrogen and oxygen atoms in total. The molecule has 1 aromatic heterocycles. The number of thiophene rings is 1. The van der Waals surface area contributed by atoms with Crippen LogP contribution in [0.2, 0.25) is 0 Å². The van der Waals surface area contributed by atoms with Gasteiger partial charge in [-0.05, 0) is 37.8 Å². The minimum absolute atomic E-state index is 0.194. The number of ether oxygens (including phenoxy) is 1. The lowest BCUT2D eigenvalue weighted by atomic mass is 10.1. The van der Waals surface area contributed by atoms with Gasteiger partial charge in [0.25, 0.3) is 0 Å². The molecule has 1 aliphatic heterocycles. The zero-order chi connectivity index (χ0) is 13.7. The van der Waals surface area contributed by atoms with Crippen LogP contribution in [0.4, 0.5) is 0 Å². The predicted octanol–water partition coefficient (Wildman–Crippen LogP) is 1.44. The van der Waals surface area contributed by atoms with Crippen molar-refractivity contribution in [2.45, 2.75) is 42.5 Å². The molecular weight excluding hydrogens is 284 g/mol. The molecule has 1 saturated heterocycles. The third kappa shape index (κ3) is 4.25. The van der Waals surface area contributed by atoms with Gasteiger partial charge in [-0.15, -0.1) is 11.3 Å². The monoisotopic (exact) mass is 304 g/mol. The average Bonchev–Trinajstić information content (AvgIpc) is 2.89. The van der Waals surface area contributed by atoms with E-state index < -0.39 is 10.0 Å². The fraction of sp³-hybridized carbons (Fsp3) is 0.667. The Morgan fingerprint density at radius 1 is 1.42 bits per heavy atom. The first-order valence-electron chi connectivity index (χ1n) is 6.52. The topological polar surface area (TPSA) is 81.4 Å². The molecule has 0 amide bonds. The van der Waals surface area contributed by atoms with Crippen LogP contribution in [0.25, 0.3) is 0 Å². The van der Waals surface area contributed by atoms with E-state index in [1.165, 1.54) is 17.8 Å². The maximum absolute atomic E-state index is 12.0. The van der Waals surface area contributed by atoms with E-state index in [4.69, 9.17) is 10.5 Å². The van der Waals surface area contributed by atoms with Crippen LogP contribution in [0, 0.1) is 0 Å². The van der Waals surface area contributed by atoms with Crippen LogP contribution in [0.1, 0.15) is 30.6 Å². The van der Waals surface area contributed by atoms with Crippen molar-refractivity contribution < 1.29 is 13.2 Å². The van der Waals surface area contributed by atoms with Gasteiger partial charge in [-0.2, -0.15) is 0 Å². The molecule has 7 heteroatoms. The second kappa shape index (κ2) is 6.81. The maximum Gasteiger partial charge on any atom is 0.250 e. The lowest BCUT2D eigenvalue weighted by Crippen LogP contribution is -2.29. The van der Waals surface area contributed by atoms with E-state index in [1.807, 2.05) is 0 Å². The summed E-state index contributed by atoms with van der Waals surface area (Å²) in [5, 5.41) is 0. The lowest BCUT2D eigenvalue weighted by Gasteiger charge is -2.22. The first kappa shape index (κ1) is 14.9. The Hall–Kier alpha value is -0.470. The van der Waals surface area contributed by atoms with E-state index >= 15 is 0 Å². The highest BCUT2D eigenvalue weighted by Crippen LogP contribution is 2.21. The van der Waals surface area contributed by atoms with E-state index in [-0.39, 0.29) is 6.10 Å². The summed E-state index contributed by atoms with van der Waals surface area (Å²) >= 11 is 1.22. The van der Waals surface area contributed by atoms with Crippen LogP contribution < -0.4 is 10.5 Å². The number of rotatable bonds is 6. The number of hydrogen-bond acceptors (Lipinski definition) is 5. The summed E-state index contributed by atoms with van der Waals surface area (Å²) < 4.78 is 32.6. The smallest absolute Gasteiger partial charge is 0.250 e. The van der Waals surface area contributed by atoms with Gasteiger partial charge in [0.2, 0.25) is 10.0 Å². The molecule has 0 aliphatic carbocycles. The molecule has 1 fully saturated rings. The highest BCUT2D eigenvalue weighted by atomic mass is 32.2. The molecule has 0 saturated carbocycles. The molecule has 1 aliphatic rings. The van der Waals surface area contributed by atoms with Crippen LogP contribution in [0.3, 0.4) is 0 Å². The SMILES string of the molecule is NCc1ccc(S(=O)(=O)NCCC2CCCCO2)s1. The Balaban J connectivity index is 1.83. The molecule has 0 aromatic carbocycles. The fourth-order valence-corrected chi connectivity index (χ4v) is 4.40. The van der Waals surface area contributed by atoms with Gasteiger partial charge in [-0.3, -0.25) is 0 Å². The molecule has 1 unspecified atom stereocenters. The normalized spacial score (nSPS) is 20.6. The minimum Gasteiger partial charge on any atom is -0.378 e. The van der Waals surface area contributed by atoms with Crippen molar-refractivity contribution in [2.24, 2.45) is 5.73 Å². The molecule has 2 heterocycles. The van der Waals surface area contributed by atoms with E-state index in [0.717, 1.165) is 30.7 Å². The Morgan fingerprint density at radius 3 is 2.89 bits per heavy atom. The summed E-state index contributed by atoms with van der Waals surface area (Å²) in [7, 11) is -3.39. The maximum atomic E-state index is 12.0. The van der Waals surface area contributed by atoms with Gasteiger partial charge in [-0.25, -0.2) is 13.1 Å². The van der Waals surface area contributed by atoms with Crippen molar-refractivity contribution in [3.05, 3.63) is 17.0 Å². The largest absolute Gasteiger partial charge is 0.378 e. The minimum atomic E-state index is -3.39. The van der Waals surface area contributed by atoms with E-state index in [9.17, 15) is 8.42 Å². The summed E-state index contributed by atoms with van der Waals surface area (Å²) in [6.07, 6.45) is 4.23. The first-order valence-corrected chi connectivity index (χ1v) is 8.82. The number of sulfonamides is 1. The highest BCUT2D eigenvalue weighted by Gasteiger charge is 2.18. The van der Waals surface area contributed by atoms with Crippen LogP contribution in [-0.4, -0.2) is 27.7 Å². The summed E-state index contributed by atoms with van der Waals surface area (Å²) in [5.41, 5.74) is 5.48. The van der Waals surface area contributed by atoms with Crippen LogP contribution in [-0.2, 0) is 21.3 Å². The predicted molar refractivity (Wildman–Crippen MR) is 75.6 cm³/mol. The average molecular weight is 304 g/mol. The molecule has 108 valence electrons. The standard InChI is InChI=1S/C12H20N2O3S2/c13-9-11-4-5-12(18-11)19(15,16)14-7-6-10-3-1-2-8-17-10/h4-5,10,14H,1-3,6-9,13H2. The molecule has 1 aromatic rings. The van der Waals surface area contributed by atoms with E-state index in [2.05, 4.69) is 4.72 Å². The second-order valence-corrected chi connectivity index (χ2v) is 7.76. The van der Waals surface area contributed by atoms with Crippen LogP contribution in [0.15, 0.2) is 16.3 Å². The van der Waals surface area contributed by atoms with Gasteiger partial charge < -0.3 is 10.5 Å². The van der Waals surface area contributed by atoms with Crippen molar-refractivity contribution in [3.8, 4) is 0 Å². The quantitative estimate of drug-likeness (QED) is 0.833. The van der Waals surface area contributed by atoms with Crippen molar-refractivity contribution >= 4 is 21.4 Å². The van der Waals surface area contributed by atoms with Crippen molar-refractivity contribution in [1.82, 2.24) is 4.72 Å². The fourth-order valence-electron chi connectivity index (χ4n) is 2.07. The van der Waals surface area contributed by atoms with Gasteiger partial charge in [0, 0.05) is 24.6 Å².